The van der Waals surface area contributed by atoms with Crippen molar-refractivity contribution in [2.24, 2.45) is 0 Å². The number of hydrogen-bond donors (Lipinski definition) is 0. The topological polar surface area (TPSA) is 43.2 Å². The molecule has 1 aromatic heterocycles. The summed E-state index contributed by atoms with van der Waals surface area (Å²) < 4.78 is 7.53. The quantitative estimate of drug-likeness (QED) is 0.434. The molecule has 2 heterocycles. The fourth-order valence-corrected chi connectivity index (χ4v) is 4.86. The molecule has 0 unspecified atom stereocenters. The van der Waals surface area contributed by atoms with Gasteiger partial charge in [0.15, 0.2) is 11.0 Å². The SMILES string of the molecule is COc1ccc(-n2c(SCc3ccc(Cl)cc3)nnc2[C@@H](C)N2CCCCC2)cc1. The van der Waals surface area contributed by atoms with Crippen molar-refractivity contribution >= 4 is 23.4 Å². The molecular weight excluding hydrogens is 416 g/mol. The second-order valence-corrected chi connectivity index (χ2v) is 8.94. The number of hydrogen-bond acceptors (Lipinski definition) is 5. The van der Waals surface area contributed by atoms with Crippen LogP contribution < -0.4 is 4.74 Å². The maximum absolute atomic E-state index is 6.02. The lowest BCUT2D eigenvalue weighted by Gasteiger charge is -2.31. The van der Waals surface area contributed by atoms with Gasteiger partial charge in [0.25, 0.3) is 0 Å². The third-order valence-electron chi connectivity index (χ3n) is 5.58. The molecule has 0 bridgehead atoms. The Morgan fingerprint density at radius 3 is 2.37 bits per heavy atom. The monoisotopic (exact) mass is 442 g/mol. The maximum atomic E-state index is 6.02. The molecule has 4 rings (SSSR count). The molecular formula is C23H27ClN4OS. The Bertz CT molecular complexity index is 952. The van der Waals surface area contributed by atoms with Crippen LogP contribution in [0.4, 0.5) is 0 Å². The van der Waals surface area contributed by atoms with Crippen molar-refractivity contribution in [3.8, 4) is 11.4 Å². The molecule has 1 atom stereocenters. The van der Waals surface area contributed by atoms with E-state index >= 15 is 0 Å². The first kappa shape index (κ1) is 21.2. The molecule has 0 spiro atoms. The van der Waals surface area contributed by atoms with E-state index in [2.05, 4.69) is 50.9 Å². The summed E-state index contributed by atoms with van der Waals surface area (Å²) in [6.45, 7) is 4.47. The van der Waals surface area contributed by atoms with Crippen LogP contribution in [-0.2, 0) is 5.75 Å². The van der Waals surface area contributed by atoms with Crippen molar-refractivity contribution < 1.29 is 4.74 Å². The molecule has 1 fully saturated rings. The average Bonchev–Trinajstić information content (AvgIpc) is 3.22. The van der Waals surface area contributed by atoms with Gasteiger partial charge in [0, 0.05) is 16.5 Å². The van der Waals surface area contributed by atoms with E-state index in [1.807, 2.05) is 24.3 Å². The summed E-state index contributed by atoms with van der Waals surface area (Å²) in [5, 5.41) is 10.9. The van der Waals surface area contributed by atoms with E-state index in [0.717, 1.165) is 46.3 Å². The summed E-state index contributed by atoms with van der Waals surface area (Å²) in [5.41, 5.74) is 2.26. The van der Waals surface area contributed by atoms with Crippen molar-refractivity contribution in [2.45, 2.75) is 43.1 Å². The zero-order chi connectivity index (χ0) is 20.9. The van der Waals surface area contributed by atoms with Crippen molar-refractivity contribution in [3.05, 3.63) is 64.9 Å². The Labute approximate surface area is 187 Å². The predicted octanol–water partition coefficient (Wildman–Crippen LogP) is 5.77. The van der Waals surface area contributed by atoms with Crippen LogP contribution in [0.25, 0.3) is 5.69 Å². The number of benzene rings is 2. The summed E-state index contributed by atoms with van der Waals surface area (Å²) in [5.74, 6) is 2.64. The van der Waals surface area contributed by atoms with Crippen molar-refractivity contribution in [1.82, 2.24) is 19.7 Å². The van der Waals surface area contributed by atoms with E-state index in [1.54, 1.807) is 18.9 Å². The van der Waals surface area contributed by atoms with Crippen molar-refractivity contribution in [2.75, 3.05) is 20.2 Å². The van der Waals surface area contributed by atoms with E-state index in [1.165, 1.54) is 24.8 Å². The second-order valence-electron chi connectivity index (χ2n) is 7.56. The lowest BCUT2D eigenvalue weighted by molar-refractivity contribution is 0.167. The van der Waals surface area contributed by atoms with E-state index < -0.39 is 0 Å². The summed E-state index contributed by atoms with van der Waals surface area (Å²) in [7, 11) is 1.69. The van der Waals surface area contributed by atoms with Gasteiger partial charge in [0.2, 0.25) is 0 Å². The zero-order valence-corrected chi connectivity index (χ0v) is 19.0. The summed E-state index contributed by atoms with van der Waals surface area (Å²) >= 11 is 7.71. The van der Waals surface area contributed by atoms with Gasteiger partial charge >= 0.3 is 0 Å². The number of ether oxygens (including phenoxy) is 1. The van der Waals surface area contributed by atoms with E-state index in [9.17, 15) is 0 Å². The number of methoxy groups -OCH3 is 1. The van der Waals surface area contributed by atoms with Gasteiger partial charge in [-0.05, 0) is 74.8 Å². The van der Waals surface area contributed by atoms with Gasteiger partial charge in [0.05, 0.1) is 13.2 Å². The van der Waals surface area contributed by atoms with Gasteiger partial charge in [0.1, 0.15) is 5.75 Å². The number of thioether (sulfide) groups is 1. The molecule has 7 heteroatoms. The minimum Gasteiger partial charge on any atom is -0.497 e. The molecule has 0 N–H and O–H groups in total. The number of nitrogens with zero attached hydrogens (tertiary/aromatic N) is 4. The van der Waals surface area contributed by atoms with Crippen LogP contribution in [0.2, 0.25) is 5.02 Å². The number of likely N-dealkylation sites (tertiary alicyclic amines) is 1. The number of piperidine rings is 1. The molecule has 1 aliphatic heterocycles. The second kappa shape index (κ2) is 9.86. The number of rotatable bonds is 7. The van der Waals surface area contributed by atoms with Crippen LogP contribution in [0.15, 0.2) is 53.7 Å². The lowest BCUT2D eigenvalue weighted by atomic mass is 10.1. The molecule has 158 valence electrons. The highest BCUT2D eigenvalue weighted by Crippen LogP contribution is 2.31. The minimum absolute atomic E-state index is 0.213. The smallest absolute Gasteiger partial charge is 0.196 e. The molecule has 0 saturated carbocycles. The summed E-state index contributed by atoms with van der Waals surface area (Å²) in [6.07, 6.45) is 3.81. The van der Waals surface area contributed by atoms with Gasteiger partial charge in [-0.3, -0.25) is 9.47 Å². The van der Waals surface area contributed by atoms with Gasteiger partial charge in [-0.15, -0.1) is 10.2 Å². The van der Waals surface area contributed by atoms with Gasteiger partial charge in [-0.1, -0.05) is 41.9 Å². The standard InChI is InChI=1S/C23H27ClN4OS/c1-17(27-14-4-3-5-15-27)22-25-26-23(30-16-18-6-8-19(24)9-7-18)28(22)20-10-12-21(29-2)13-11-20/h6-13,17H,3-5,14-16H2,1-2H3/t17-/m1/s1. The van der Waals surface area contributed by atoms with E-state index in [4.69, 9.17) is 16.3 Å². The average molecular weight is 443 g/mol. The highest BCUT2D eigenvalue weighted by molar-refractivity contribution is 7.98. The Morgan fingerprint density at radius 1 is 1.00 bits per heavy atom. The van der Waals surface area contributed by atoms with E-state index in [-0.39, 0.29) is 6.04 Å². The molecule has 30 heavy (non-hydrogen) atoms. The molecule has 3 aromatic rings. The van der Waals surface area contributed by atoms with Crippen LogP contribution in [-0.4, -0.2) is 39.9 Å². The van der Waals surface area contributed by atoms with Crippen molar-refractivity contribution in [1.29, 1.82) is 0 Å². The molecule has 0 amide bonds. The third kappa shape index (κ3) is 4.82. The molecule has 5 nitrogen and oxygen atoms in total. The van der Waals surface area contributed by atoms with Crippen LogP contribution in [0.5, 0.6) is 5.75 Å². The zero-order valence-electron chi connectivity index (χ0n) is 17.4. The van der Waals surface area contributed by atoms with Crippen LogP contribution in [0.3, 0.4) is 0 Å². The maximum Gasteiger partial charge on any atom is 0.196 e. The van der Waals surface area contributed by atoms with Gasteiger partial charge in [-0.2, -0.15) is 0 Å². The first-order valence-corrected chi connectivity index (χ1v) is 11.7. The Morgan fingerprint density at radius 2 is 1.70 bits per heavy atom. The van der Waals surface area contributed by atoms with Crippen molar-refractivity contribution in [3.63, 3.8) is 0 Å². The minimum atomic E-state index is 0.213. The van der Waals surface area contributed by atoms with Crippen LogP contribution in [0, 0.1) is 0 Å². The molecule has 0 radical (unpaired) electrons. The summed E-state index contributed by atoms with van der Waals surface area (Å²) in [4.78, 5) is 2.52. The summed E-state index contributed by atoms with van der Waals surface area (Å²) in [6, 6.07) is 16.3. The molecule has 2 aromatic carbocycles. The Balaban J connectivity index is 1.64. The van der Waals surface area contributed by atoms with E-state index in [0.29, 0.717) is 0 Å². The predicted molar refractivity (Wildman–Crippen MR) is 123 cm³/mol. The van der Waals surface area contributed by atoms with Crippen LogP contribution in [0.1, 0.15) is 43.6 Å². The third-order valence-corrected chi connectivity index (χ3v) is 6.83. The van der Waals surface area contributed by atoms with Gasteiger partial charge < -0.3 is 4.74 Å². The molecule has 1 aliphatic rings. The Kier molecular flexibility index (Phi) is 6.97. The largest absolute Gasteiger partial charge is 0.497 e. The Hall–Kier alpha value is -2.02. The fraction of sp³-hybridized carbons (Fsp3) is 0.391. The number of halogens is 1. The first-order chi connectivity index (χ1) is 14.7. The van der Waals surface area contributed by atoms with Gasteiger partial charge in [-0.25, -0.2) is 0 Å². The highest BCUT2D eigenvalue weighted by atomic mass is 35.5. The normalized spacial score (nSPS) is 15.8. The number of aromatic nitrogens is 3. The van der Waals surface area contributed by atoms with Crippen LogP contribution >= 0.6 is 23.4 Å². The highest BCUT2D eigenvalue weighted by Gasteiger charge is 2.25. The molecule has 0 aliphatic carbocycles. The molecule has 1 saturated heterocycles. The fourth-order valence-electron chi connectivity index (χ4n) is 3.82. The lowest BCUT2D eigenvalue weighted by Crippen LogP contribution is -2.33. The first-order valence-electron chi connectivity index (χ1n) is 10.4.